The number of alkyl halides is 3. The summed E-state index contributed by atoms with van der Waals surface area (Å²) in [5, 5.41) is 2.40. The number of anilines is 1. The minimum atomic E-state index is -4.46. The summed E-state index contributed by atoms with van der Waals surface area (Å²) >= 11 is 0. The monoisotopic (exact) mass is 402 g/mol. The lowest BCUT2D eigenvalue weighted by Crippen LogP contribution is -2.27. The van der Waals surface area contributed by atoms with Crippen LogP contribution in [0, 0.1) is 0 Å². The number of sulfonamides is 1. The molecule has 0 radical (unpaired) electrons. The van der Waals surface area contributed by atoms with E-state index in [1.165, 1.54) is 31.4 Å². The molecule has 0 atom stereocenters. The highest BCUT2D eigenvalue weighted by atomic mass is 32.2. The molecule has 0 fully saturated rings. The molecule has 2 N–H and O–H groups in total. The van der Waals surface area contributed by atoms with Crippen LogP contribution in [0.3, 0.4) is 0 Å². The Labute approximate surface area is 154 Å². The maximum atomic E-state index is 12.5. The lowest BCUT2D eigenvalue weighted by molar-refractivity contribution is -0.137. The fourth-order valence-electron chi connectivity index (χ4n) is 2.10. The summed E-state index contributed by atoms with van der Waals surface area (Å²) in [6, 6.07) is 9.67. The van der Waals surface area contributed by atoms with Gasteiger partial charge in [-0.25, -0.2) is 13.1 Å². The Bertz CT molecular complexity index is 880. The standard InChI is InChI=1S/C17H17F3N2O4S/c1-26-14-6-8-15(9-7-14)27(24,25)21-11-10-16(23)22-13-4-2-12(3-5-13)17(18,19)20/h2-9,21H,10-11H2,1H3,(H,22,23). The van der Waals surface area contributed by atoms with Crippen LogP contribution in [0.25, 0.3) is 0 Å². The van der Waals surface area contributed by atoms with Crippen LogP contribution in [0.4, 0.5) is 18.9 Å². The molecule has 146 valence electrons. The number of methoxy groups -OCH3 is 1. The summed E-state index contributed by atoms with van der Waals surface area (Å²) < 4.78 is 68.9. The molecule has 10 heteroatoms. The van der Waals surface area contributed by atoms with Crippen molar-refractivity contribution in [2.45, 2.75) is 17.5 Å². The number of hydrogen-bond donors (Lipinski definition) is 2. The van der Waals surface area contributed by atoms with Gasteiger partial charge < -0.3 is 10.1 Å². The quantitative estimate of drug-likeness (QED) is 0.746. The number of hydrogen-bond acceptors (Lipinski definition) is 4. The lowest BCUT2D eigenvalue weighted by atomic mass is 10.2. The molecule has 0 unspecified atom stereocenters. The molecule has 0 aliphatic carbocycles. The molecule has 6 nitrogen and oxygen atoms in total. The largest absolute Gasteiger partial charge is 0.497 e. The fraction of sp³-hybridized carbons (Fsp3) is 0.235. The molecule has 2 rings (SSSR count). The third-order valence-electron chi connectivity index (χ3n) is 3.51. The second-order valence-electron chi connectivity index (χ2n) is 5.45. The minimum absolute atomic E-state index is 0.0199. The van der Waals surface area contributed by atoms with Gasteiger partial charge in [0.05, 0.1) is 17.6 Å². The van der Waals surface area contributed by atoms with Crippen LogP contribution in [0.1, 0.15) is 12.0 Å². The first-order chi connectivity index (χ1) is 12.6. The van der Waals surface area contributed by atoms with Gasteiger partial charge in [-0.3, -0.25) is 4.79 Å². The van der Waals surface area contributed by atoms with E-state index in [0.29, 0.717) is 5.75 Å². The van der Waals surface area contributed by atoms with Crippen molar-refractivity contribution in [3.63, 3.8) is 0 Å². The number of carbonyl (C=O) groups excluding carboxylic acids is 1. The fourth-order valence-corrected chi connectivity index (χ4v) is 3.14. The number of ether oxygens (including phenoxy) is 1. The number of carbonyl (C=O) groups is 1. The normalized spacial score (nSPS) is 11.9. The zero-order valence-corrected chi connectivity index (χ0v) is 15.0. The average Bonchev–Trinajstić information content (AvgIpc) is 2.61. The van der Waals surface area contributed by atoms with E-state index < -0.39 is 27.7 Å². The molecule has 0 spiro atoms. The van der Waals surface area contributed by atoms with Crippen LogP contribution >= 0.6 is 0 Å². The van der Waals surface area contributed by atoms with Crippen molar-refractivity contribution >= 4 is 21.6 Å². The summed E-state index contributed by atoms with van der Waals surface area (Å²) in [7, 11) is -2.33. The lowest BCUT2D eigenvalue weighted by Gasteiger charge is -2.10. The number of halogens is 3. The Morgan fingerprint density at radius 1 is 1.04 bits per heavy atom. The first kappa shape index (κ1) is 20.7. The molecule has 1 amide bonds. The summed E-state index contributed by atoms with van der Waals surface area (Å²) in [6.07, 6.45) is -4.64. The average molecular weight is 402 g/mol. The van der Waals surface area contributed by atoms with Crippen LogP contribution in [0.15, 0.2) is 53.4 Å². The molecule has 0 aromatic heterocycles. The summed E-state index contributed by atoms with van der Waals surface area (Å²) in [6.45, 7) is -0.166. The van der Waals surface area contributed by atoms with Crippen LogP contribution in [-0.2, 0) is 21.0 Å². The molecule has 0 heterocycles. The third-order valence-corrected chi connectivity index (χ3v) is 4.99. The van der Waals surface area contributed by atoms with Gasteiger partial charge in [-0.15, -0.1) is 0 Å². The van der Waals surface area contributed by atoms with E-state index in [9.17, 15) is 26.4 Å². The molecular weight excluding hydrogens is 385 g/mol. The van der Waals surface area contributed by atoms with Crippen LogP contribution in [-0.4, -0.2) is 28.0 Å². The molecule has 0 aliphatic rings. The zero-order chi connectivity index (χ0) is 20.1. The third kappa shape index (κ3) is 5.97. The first-order valence-corrected chi connectivity index (χ1v) is 9.21. The number of rotatable bonds is 7. The van der Waals surface area contributed by atoms with Crippen LogP contribution in [0.2, 0.25) is 0 Å². The SMILES string of the molecule is COc1ccc(S(=O)(=O)NCCC(=O)Nc2ccc(C(F)(F)F)cc2)cc1. The highest BCUT2D eigenvalue weighted by Crippen LogP contribution is 2.29. The van der Waals surface area contributed by atoms with Gasteiger partial charge in [0.2, 0.25) is 15.9 Å². The van der Waals surface area contributed by atoms with Gasteiger partial charge >= 0.3 is 6.18 Å². The van der Waals surface area contributed by atoms with Gasteiger partial charge in [0.25, 0.3) is 0 Å². The van der Waals surface area contributed by atoms with Crippen molar-refractivity contribution in [1.29, 1.82) is 0 Å². The summed E-state index contributed by atoms with van der Waals surface area (Å²) in [5.41, 5.74) is -0.640. The highest BCUT2D eigenvalue weighted by molar-refractivity contribution is 7.89. The Kier molecular flexibility index (Phi) is 6.45. The van der Waals surface area contributed by atoms with Crippen LogP contribution < -0.4 is 14.8 Å². The van der Waals surface area contributed by atoms with Crippen molar-refractivity contribution in [2.24, 2.45) is 0 Å². The van der Waals surface area contributed by atoms with Crippen molar-refractivity contribution in [3.8, 4) is 5.75 Å². The van der Waals surface area contributed by atoms with Gasteiger partial charge in [-0.05, 0) is 48.5 Å². The Hall–Kier alpha value is -2.59. The van der Waals surface area contributed by atoms with Crippen molar-refractivity contribution < 1.29 is 31.1 Å². The Morgan fingerprint density at radius 2 is 1.63 bits per heavy atom. The maximum Gasteiger partial charge on any atom is 0.416 e. The Balaban J connectivity index is 1.86. The second kappa shape index (κ2) is 8.40. The predicted molar refractivity (Wildman–Crippen MR) is 92.9 cm³/mol. The molecule has 2 aromatic rings. The predicted octanol–water partition coefficient (Wildman–Crippen LogP) is 3.02. The minimum Gasteiger partial charge on any atom is -0.497 e. The van der Waals surface area contributed by atoms with E-state index in [1.807, 2.05) is 0 Å². The van der Waals surface area contributed by atoms with E-state index in [-0.39, 0.29) is 23.5 Å². The van der Waals surface area contributed by atoms with E-state index in [2.05, 4.69) is 10.0 Å². The van der Waals surface area contributed by atoms with Crippen molar-refractivity contribution in [3.05, 3.63) is 54.1 Å². The number of nitrogens with one attached hydrogen (secondary N) is 2. The van der Waals surface area contributed by atoms with Gasteiger partial charge in [0.15, 0.2) is 0 Å². The summed E-state index contributed by atoms with van der Waals surface area (Å²) in [4.78, 5) is 11.8. The van der Waals surface area contributed by atoms with Gasteiger partial charge in [0.1, 0.15) is 5.75 Å². The topological polar surface area (TPSA) is 84.5 Å². The molecule has 0 saturated heterocycles. The molecule has 0 bridgehead atoms. The van der Waals surface area contributed by atoms with E-state index >= 15 is 0 Å². The first-order valence-electron chi connectivity index (χ1n) is 7.72. The number of amides is 1. The van der Waals surface area contributed by atoms with Gasteiger partial charge in [-0.2, -0.15) is 13.2 Å². The molecule has 0 aliphatic heterocycles. The van der Waals surface area contributed by atoms with E-state index in [4.69, 9.17) is 4.74 Å². The van der Waals surface area contributed by atoms with E-state index in [0.717, 1.165) is 24.3 Å². The van der Waals surface area contributed by atoms with Crippen molar-refractivity contribution in [1.82, 2.24) is 4.72 Å². The van der Waals surface area contributed by atoms with Crippen molar-refractivity contribution in [2.75, 3.05) is 19.0 Å². The molecule has 0 saturated carbocycles. The van der Waals surface area contributed by atoms with Gasteiger partial charge in [0, 0.05) is 18.7 Å². The molecule has 27 heavy (non-hydrogen) atoms. The Morgan fingerprint density at radius 3 is 2.15 bits per heavy atom. The maximum absolute atomic E-state index is 12.5. The highest BCUT2D eigenvalue weighted by Gasteiger charge is 2.29. The zero-order valence-electron chi connectivity index (χ0n) is 14.2. The molecular formula is C17H17F3N2O4S. The molecule has 2 aromatic carbocycles. The summed E-state index contributed by atoms with van der Waals surface area (Å²) in [5.74, 6) is -0.0305. The van der Waals surface area contributed by atoms with Crippen LogP contribution in [0.5, 0.6) is 5.75 Å². The smallest absolute Gasteiger partial charge is 0.416 e. The number of benzene rings is 2. The van der Waals surface area contributed by atoms with Gasteiger partial charge in [-0.1, -0.05) is 0 Å². The van der Waals surface area contributed by atoms with E-state index in [1.54, 1.807) is 0 Å². The second-order valence-corrected chi connectivity index (χ2v) is 7.21.